The molecule has 4 aromatic rings. The molecule has 11 nitrogen and oxygen atoms in total. The van der Waals surface area contributed by atoms with E-state index in [1.165, 1.54) is 13.2 Å². The number of rotatable bonds is 8. The van der Waals surface area contributed by atoms with Crippen LogP contribution in [0.4, 0.5) is 25.0 Å². The topological polar surface area (TPSA) is 128 Å². The lowest BCUT2D eigenvalue weighted by atomic mass is 9.97. The van der Waals surface area contributed by atoms with Crippen LogP contribution in [-0.2, 0) is 14.9 Å². The number of nitrogens with one attached hydrogen (secondary N) is 2. The second kappa shape index (κ2) is 12.9. The van der Waals surface area contributed by atoms with E-state index in [9.17, 15) is 22.4 Å². The molecule has 14 heteroatoms. The Morgan fingerprint density at radius 3 is 2.43 bits per heavy atom. The Labute approximate surface area is 272 Å². The molecule has 0 radical (unpaired) electrons. The Morgan fingerprint density at radius 2 is 1.79 bits per heavy atom. The number of halogens is 2. The van der Waals surface area contributed by atoms with Crippen molar-refractivity contribution in [2.24, 2.45) is 0 Å². The van der Waals surface area contributed by atoms with Crippen molar-refractivity contribution < 1.29 is 31.5 Å². The van der Waals surface area contributed by atoms with Crippen LogP contribution in [0.15, 0.2) is 48.8 Å². The zero-order chi connectivity index (χ0) is 34.3. The second-order valence-corrected chi connectivity index (χ2v) is 14.2. The van der Waals surface area contributed by atoms with Crippen LogP contribution in [0.3, 0.4) is 0 Å². The molecule has 3 heterocycles. The van der Waals surface area contributed by atoms with Crippen molar-refractivity contribution >= 4 is 44.5 Å². The number of benzene rings is 2. The van der Waals surface area contributed by atoms with E-state index in [1.807, 2.05) is 45.9 Å². The third-order valence-corrected chi connectivity index (χ3v) is 9.56. The van der Waals surface area contributed by atoms with Crippen LogP contribution in [0.2, 0.25) is 0 Å². The van der Waals surface area contributed by atoms with Crippen LogP contribution in [0, 0.1) is 18.6 Å². The number of pyridine rings is 1. The first-order valence-electron chi connectivity index (χ1n) is 15.2. The molecular formula is C33H38F2N6O5S. The van der Waals surface area contributed by atoms with Gasteiger partial charge < -0.3 is 19.5 Å². The molecule has 47 heavy (non-hydrogen) atoms. The summed E-state index contributed by atoms with van der Waals surface area (Å²) in [5.41, 5.74) is 1.81. The Bertz CT molecular complexity index is 1950. The number of aryl methyl sites for hydroxylation is 1. The third kappa shape index (κ3) is 7.08. The summed E-state index contributed by atoms with van der Waals surface area (Å²) in [5, 5.41) is 0.352. The van der Waals surface area contributed by atoms with Gasteiger partial charge in [0.2, 0.25) is 5.78 Å². The van der Waals surface area contributed by atoms with Crippen molar-refractivity contribution in [3.05, 3.63) is 77.1 Å². The number of nitrogens with zero attached hydrogens (tertiary/aromatic N) is 4. The quantitative estimate of drug-likeness (QED) is 0.230. The molecule has 1 fully saturated rings. The number of ketones is 1. The lowest BCUT2D eigenvalue weighted by Crippen LogP contribution is -2.50. The van der Waals surface area contributed by atoms with Gasteiger partial charge in [0.05, 0.1) is 11.3 Å². The van der Waals surface area contributed by atoms with Gasteiger partial charge in [-0.2, -0.15) is 12.7 Å². The van der Waals surface area contributed by atoms with Crippen molar-refractivity contribution in [2.45, 2.75) is 40.2 Å². The van der Waals surface area contributed by atoms with Gasteiger partial charge in [-0.3, -0.25) is 9.52 Å². The highest BCUT2D eigenvalue weighted by molar-refractivity contribution is 7.90. The molecule has 1 amide bonds. The maximum Gasteiger partial charge on any atom is 0.410 e. The number of amides is 1. The van der Waals surface area contributed by atoms with Crippen LogP contribution >= 0.6 is 0 Å². The molecule has 0 atom stereocenters. The molecule has 0 saturated carbocycles. The molecule has 1 saturated heterocycles. The summed E-state index contributed by atoms with van der Waals surface area (Å²) in [6.45, 7) is 11.5. The highest BCUT2D eigenvalue weighted by atomic mass is 32.2. The Kier molecular flexibility index (Phi) is 9.29. The molecule has 2 aromatic heterocycles. The van der Waals surface area contributed by atoms with E-state index in [-0.39, 0.29) is 18.2 Å². The van der Waals surface area contributed by atoms with E-state index >= 15 is 4.39 Å². The lowest BCUT2D eigenvalue weighted by Gasteiger charge is -2.37. The number of anilines is 2. The van der Waals surface area contributed by atoms with Crippen molar-refractivity contribution in [3.63, 3.8) is 0 Å². The minimum atomic E-state index is -4.12. The number of ether oxygens (including phenoxy) is 1. The summed E-state index contributed by atoms with van der Waals surface area (Å²) in [7, 11) is -2.82. The monoisotopic (exact) mass is 668 g/mol. The number of piperazine rings is 1. The fourth-order valence-corrected chi connectivity index (χ4v) is 6.27. The van der Waals surface area contributed by atoms with E-state index in [1.54, 1.807) is 24.1 Å². The van der Waals surface area contributed by atoms with Crippen LogP contribution in [0.1, 0.15) is 49.2 Å². The summed E-state index contributed by atoms with van der Waals surface area (Å²) in [5.74, 6) is -3.41. The maximum absolute atomic E-state index is 15.5. The maximum atomic E-state index is 15.5. The molecule has 1 aliphatic heterocycles. The Morgan fingerprint density at radius 1 is 1.09 bits per heavy atom. The molecule has 0 unspecified atom stereocenters. The number of aromatic amines is 1. The average molecular weight is 669 g/mol. The van der Waals surface area contributed by atoms with E-state index in [2.05, 4.69) is 19.6 Å². The van der Waals surface area contributed by atoms with Gasteiger partial charge in [-0.25, -0.2) is 18.6 Å². The zero-order valence-electron chi connectivity index (χ0n) is 27.1. The van der Waals surface area contributed by atoms with Gasteiger partial charge in [0, 0.05) is 74.4 Å². The van der Waals surface area contributed by atoms with Gasteiger partial charge in [0.1, 0.15) is 17.1 Å². The van der Waals surface area contributed by atoms with Crippen molar-refractivity contribution in [1.82, 2.24) is 19.2 Å². The first kappa shape index (κ1) is 33.8. The van der Waals surface area contributed by atoms with Crippen molar-refractivity contribution in [2.75, 3.05) is 49.4 Å². The summed E-state index contributed by atoms with van der Waals surface area (Å²) in [4.78, 5) is 37.3. The van der Waals surface area contributed by atoms with Gasteiger partial charge >= 0.3 is 16.3 Å². The standard InChI is InChI=1S/C33H38F2N6O5S/c1-7-39(6)47(44,45)38-27-11-10-26(34)28(29(27)35)30(42)25-19-37-31-24(25)17-21(18-36-31)23-9-8-22(16-20(23)2)40-12-14-41(15-13-40)32(43)46-33(3,4)5/h8-11,16-19,38H,7,12-15H2,1-6H3,(H,36,37). The molecule has 5 rings (SSSR count). The number of hydrogen-bond donors (Lipinski definition) is 2. The summed E-state index contributed by atoms with van der Waals surface area (Å²) in [6, 6.07) is 9.48. The van der Waals surface area contributed by atoms with E-state index in [0.717, 1.165) is 33.3 Å². The molecule has 2 N–H and O–H groups in total. The predicted octanol–water partition coefficient (Wildman–Crippen LogP) is 5.71. The molecular weight excluding hydrogens is 630 g/mol. The number of hydrogen-bond acceptors (Lipinski definition) is 7. The molecule has 250 valence electrons. The predicted molar refractivity (Wildman–Crippen MR) is 177 cm³/mol. The fourth-order valence-electron chi connectivity index (χ4n) is 5.34. The van der Waals surface area contributed by atoms with Crippen LogP contribution in [0.25, 0.3) is 22.2 Å². The summed E-state index contributed by atoms with van der Waals surface area (Å²) in [6.07, 6.45) is 2.66. The second-order valence-electron chi connectivity index (χ2n) is 12.4. The molecule has 0 bridgehead atoms. The Hall–Kier alpha value is -4.56. The largest absolute Gasteiger partial charge is 0.444 e. The molecule has 1 aliphatic rings. The normalized spacial score (nSPS) is 14.1. The first-order chi connectivity index (χ1) is 22.1. The number of H-pyrrole nitrogens is 1. The molecule has 0 aliphatic carbocycles. The van der Waals surface area contributed by atoms with Gasteiger partial charge in [-0.05, 0) is 69.2 Å². The number of aromatic nitrogens is 2. The highest BCUT2D eigenvalue weighted by Gasteiger charge is 2.28. The number of carbonyl (C=O) groups is 2. The number of fused-ring (bicyclic) bond motifs is 1. The van der Waals surface area contributed by atoms with E-state index < -0.39 is 44.5 Å². The fraction of sp³-hybridized carbons (Fsp3) is 0.364. The summed E-state index contributed by atoms with van der Waals surface area (Å²) < 4.78 is 63.9. The lowest BCUT2D eigenvalue weighted by molar-refractivity contribution is 0.0240. The minimum absolute atomic E-state index is 0.0186. The molecule has 2 aromatic carbocycles. The average Bonchev–Trinajstić information content (AvgIpc) is 3.44. The van der Waals surface area contributed by atoms with Crippen molar-refractivity contribution in [1.29, 1.82) is 0 Å². The van der Waals surface area contributed by atoms with Crippen molar-refractivity contribution in [3.8, 4) is 11.1 Å². The van der Waals surface area contributed by atoms with E-state index in [4.69, 9.17) is 4.74 Å². The Balaban J connectivity index is 1.39. The van der Waals surface area contributed by atoms with Gasteiger partial charge in [0.15, 0.2) is 5.82 Å². The van der Waals surface area contributed by atoms with Gasteiger partial charge in [0.25, 0.3) is 0 Å². The smallest absolute Gasteiger partial charge is 0.410 e. The highest BCUT2D eigenvalue weighted by Crippen LogP contribution is 2.32. The van der Waals surface area contributed by atoms with Crippen LogP contribution in [-0.4, -0.2) is 84.8 Å². The van der Waals surface area contributed by atoms with Crippen LogP contribution < -0.4 is 9.62 Å². The van der Waals surface area contributed by atoms with Crippen LogP contribution in [0.5, 0.6) is 0 Å². The first-order valence-corrected chi connectivity index (χ1v) is 16.6. The molecule has 0 spiro atoms. The van der Waals surface area contributed by atoms with Gasteiger partial charge in [-0.15, -0.1) is 0 Å². The minimum Gasteiger partial charge on any atom is -0.444 e. The van der Waals surface area contributed by atoms with E-state index in [0.29, 0.717) is 42.8 Å². The number of carbonyl (C=O) groups excluding carboxylic acids is 2. The zero-order valence-corrected chi connectivity index (χ0v) is 28.0. The summed E-state index contributed by atoms with van der Waals surface area (Å²) >= 11 is 0. The third-order valence-electron chi connectivity index (χ3n) is 8.01. The SMILES string of the molecule is CCN(C)S(=O)(=O)Nc1ccc(F)c(C(=O)c2c[nH]c3ncc(-c4ccc(N5CCN(C(=O)OC(C)(C)C)CC5)cc4C)cc23)c1F. The van der Waals surface area contributed by atoms with Gasteiger partial charge in [-0.1, -0.05) is 13.0 Å².